The second-order valence-corrected chi connectivity index (χ2v) is 7.76. The molecule has 2 unspecified atom stereocenters. The number of rotatable bonds is 5. The largest absolute Gasteiger partial charge is 0.348 e. The summed E-state index contributed by atoms with van der Waals surface area (Å²) in [5.41, 5.74) is -0.427. The lowest BCUT2D eigenvalue weighted by atomic mass is 9.92. The highest BCUT2D eigenvalue weighted by molar-refractivity contribution is 6.32. The third-order valence-electron chi connectivity index (χ3n) is 4.79. The summed E-state index contributed by atoms with van der Waals surface area (Å²) in [6.45, 7) is 2.77. The molecule has 9 heteroatoms. The normalized spacial score (nSPS) is 19.8. The Morgan fingerprint density at radius 3 is 2.48 bits per heavy atom. The Morgan fingerprint density at radius 1 is 1.21 bits per heavy atom. The predicted molar refractivity (Wildman–Crippen MR) is 107 cm³/mol. The molecule has 0 bridgehead atoms. The highest BCUT2D eigenvalue weighted by Crippen LogP contribution is 2.33. The van der Waals surface area contributed by atoms with Crippen LogP contribution >= 0.6 is 23.2 Å². The first kappa shape index (κ1) is 21.1. The fourth-order valence-electron chi connectivity index (χ4n) is 3.18. The first-order valence-corrected chi connectivity index (χ1v) is 9.52. The molecule has 0 aliphatic carbocycles. The first-order chi connectivity index (χ1) is 13.6. The van der Waals surface area contributed by atoms with Crippen LogP contribution in [0.3, 0.4) is 0 Å². The van der Waals surface area contributed by atoms with Crippen molar-refractivity contribution in [2.24, 2.45) is 0 Å². The van der Waals surface area contributed by atoms with E-state index in [-0.39, 0.29) is 16.6 Å². The van der Waals surface area contributed by atoms with Crippen LogP contribution in [0.5, 0.6) is 0 Å². The molecule has 0 radical (unpaired) electrons. The van der Waals surface area contributed by atoms with Gasteiger partial charge in [0.2, 0.25) is 5.91 Å². The zero-order valence-corrected chi connectivity index (χ0v) is 17.1. The maximum Gasteiger partial charge on any atom is 0.325 e. The standard InChI is InChI=1S/C20H18Cl2FN3O3/c1-11(12-3-5-13(21)6-4-12)24-17(27)10-26-18(28)20(2,25-19(26)29)15-8-7-14(23)9-16(15)22/h3-9,11H,10H2,1-2H3,(H,24,27)(H,25,29). The van der Waals surface area contributed by atoms with Crippen molar-refractivity contribution in [1.82, 2.24) is 15.5 Å². The van der Waals surface area contributed by atoms with Gasteiger partial charge in [-0.15, -0.1) is 0 Å². The van der Waals surface area contributed by atoms with Crippen molar-refractivity contribution in [1.29, 1.82) is 0 Å². The van der Waals surface area contributed by atoms with Crippen molar-refractivity contribution in [3.05, 3.63) is 69.5 Å². The quantitative estimate of drug-likeness (QED) is 0.698. The van der Waals surface area contributed by atoms with Crippen LogP contribution in [0.25, 0.3) is 0 Å². The topological polar surface area (TPSA) is 78.5 Å². The van der Waals surface area contributed by atoms with Gasteiger partial charge in [-0.3, -0.25) is 14.5 Å². The number of nitrogens with one attached hydrogen (secondary N) is 2. The summed E-state index contributed by atoms with van der Waals surface area (Å²) in [5, 5.41) is 5.86. The van der Waals surface area contributed by atoms with E-state index in [1.54, 1.807) is 31.2 Å². The van der Waals surface area contributed by atoms with Gasteiger partial charge in [0, 0.05) is 15.6 Å². The second-order valence-electron chi connectivity index (χ2n) is 6.91. The molecule has 2 aromatic rings. The molecule has 0 aromatic heterocycles. The number of carbonyl (C=O) groups excluding carboxylic acids is 3. The fraction of sp³-hybridized carbons (Fsp3) is 0.250. The number of carbonyl (C=O) groups is 3. The molecule has 152 valence electrons. The minimum Gasteiger partial charge on any atom is -0.348 e. The van der Waals surface area contributed by atoms with Crippen LogP contribution < -0.4 is 10.6 Å². The highest BCUT2D eigenvalue weighted by atomic mass is 35.5. The van der Waals surface area contributed by atoms with E-state index >= 15 is 0 Å². The molecule has 1 saturated heterocycles. The Bertz CT molecular complexity index is 983. The van der Waals surface area contributed by atoms with Gasteiger partial charge in [-0.25, -0.2) is 9.18 Å². The molecule has 2 aromatic carbocycles. The number of imide groups is 1. The lowest BCUT2D eigenvalue weighted by molar-refractivity contribution is -0.135. The van der Waals surface area contributed by atoms with Gasteiger partial charge in [-0.05, 0) is 43.7 Å². The van der Waals surface area contributed by atoms with Gasteiger partial charge in [0.05, 0.1) is 6.04 Å². The first-order valence-electron chi connectivity index (χ1n) is 8.76. The molecule has 2 N–H and O–H groups in total. The van der Waals surface area contributed by atoms with E-state index in [0.717, 1.165) is 22.6 Å². The molecule has 1 fully saturated rings. The van der Waals surface area contributed by atoms with Crippen LogP contribution in [-0.4, -0.2) is 29.3 Å². The van der Waals surface area contributed by atoms with Gasteiger partial charge in [0.15, 0.2) is 0 Å². The molecule has 6 nitrogen and oxygen atoms in total. The number of halogens is 3. The summed E-state index contributed by atoms with van der Waals surface area (Å²) in [7, 11) is 0. The third kappa shape index (κ3) is 4.21. The van der Waals surface area contributed by atoms with E-state index < -0.39 is 35.7 Å². The average Bonchev–Trinajstić information content (AvgIpc) is 2.85. The fourth-order valence-corrected chi connectivity index (χ4v) is 3.67. The number of benzene rings is 2. The number of amides is 4. The molecular weight excluding hydrogens is 420 g/mol. The summed E-state index contributed by atoms with van der Waals surface area (Å²) in [6, 6.07) is 9.42. The van der Waals surface area contributed by atoms with Gasteiger partial charge < -0.3 is 10.6 Å². The highest BCUT2D eigenvalue weighted by Gasteiger charge is 2.50. The molecule has 4 amide bonds. The Kier molecular flexibility index (Phi) is 5.82. The monoisotopic (exact) mass is 437 g/mol. The van der Waals surface area contributed by atoms with Gasteiger partial charge in [-0.2, -0.15) is 0 Å². The van der Waals surface area contributed by atoms with Crippen LogP contribution in [-0.2, 0) is 15.1 Å². The van der Waals surface area contributed by atoms with Crippen molar-refractivity contribution in [2.75, 3.05) is 6.54 Å². The van der Waals surface area contributed by atoms with Crippen molar-refractivity contribution in [3.63, 3.8) is 0 Å². The van der Waals surface area contributed by atoms with Crippen molar-refractivity contribution in [2.45, 2.75) is 25.4 Å². The third-order valence-corrected chi connectivity index (χ3v) is 5.36. The van der Waals surface area contributed by atoms with E-state index in [9.17, 15) is 18.8 Å². The van der Waals surface area contributed by atoms with E-state index in [0.29, 0.717) is 5.02 Å². The molecule has 29 heavy (non-hydrogen) atoms. The van der Waals surface area contributed by atoms with Crippen molar-refractivity contribution in [3.8, 4) is 0 Å². The van der Waals surface area contributed by atoms with Crippen molar-refractivity contribution < 1.29 is 18.8 Å². The minimum absolute atomic E-state index is 0.00353. The number of hydrogen-bond acceptors (Lipinski definition) is 3. The number of hydrogen-bond donors (Lipinski definition) is 2. The van der Waals surface area contributed by atoms with Gasteiger partial charge >= 0.3 is 6.03 Å². The second kappa shape index (κ2) is 8.00. The van der Waals surface area contributed by atoms with E-state index in [4.69, 9.17) is 23.2 Å². The van der Waals surface area contributed by atoms with Gasteiger partial charge in [0.25, 0.3) is 5.91 Å². The molecule has 1 heterocycles. The van der Waals surface area contributed by atoms with Crippen LogP contribution in [0.1, 0.15) is 31.0 Å². The van der Waals surface area contributed by atoms with E-state index in [1.807, 2.05) is 0 Å². The minimum atomic E-state index is -1.50. The lowest BCUT2D eigenvalue weighted by Gasteiger charge is -2.23. The molecule has 0 saturated carbocycles. The predicted octanol–water partition coefficient (Wildman–Crippen LogP) is 3.78. The van der Waals surface area contributed by atoms with E-state index in [2.05, 4.69) is 10.6 Å². The molecule has 3 rings (SSSR count). The summed E-state index contributed by atoms with van der Waals surface area (Å²) < 4.78 is 13.3. The number of nitrogens with zero attached hydrogens (tertiary/aromatic N) is 1. The Morgan fingerprint density at radius 2 is 1.86 bits per heavy atom. The zero-order chi connectivity index (χ0) is 21.3. The average molecular weight is 438 g/mol. The van der Waals surface area contributed by atoms with Crippen molar-refractivity contribution >= 4 is 41.0 Å². The molecule has 1 aliphatic rings. The summed E-state index contributed by atoms with van der Waals surface area (Å²) in [5.74, 6) is -1.72. The smallest absolute Gasteiger partial charge is 0.325 e. The molecule has 0 spiro atoms. The number of urea groups is 1. The summed E-state index contributed by atoms with van der Waals surface area (Å²) in [6.07, 6.45) is 0. The van der Waals surface area contributed by atoms with Gasteiger partial charge in [0.1, 0.15) is 17.9 Å². The van der Waals surface area contributed by atoms with Crippen LogP contribution in [0.4, 0.5) is 9.18 Å². The van der Waals surface area contributed by atoms with E-state index in [1.165, 1.54) is 13.0 Å². The maximum atomic E-state index is 13.3. The maximum absolute atomic E-state index is 13.3. The van der Waals surface area contributed by atoms with Gasteiger partial charge in [-0.1, -0.05) is 41.4 Å². The van der Waals surface area contributed by atoms with Crippen LogP contribution in [0, 0.1) is 5.82 Å². The summed E-state index contributed by atoms with van der Waals surface area (Å²) in [4.78, 5) is 38.5. The Labute approximate surface area is 177 Å². The van der Waals surface area contributed by atoms with Crippen LogP contribution in [0.2, 0.25) is 10.0 Å². The Balaban J connectivity index is 1.72. The van der Waals surface area contributed by atoms with Crippen LogP contribution in [0.15, 0.2) is 42.5 Å². The zero-order valence-electron chi connectivity index (χ0n) is 15.6. The SMILES string of the molecule is CC(NC(=O)CN1C(=O)NC(C)(c2ccc(F)cc2Cl)C1=O)c1ccc(Cl)cc1. The summed E-state index contributed by atoms with van der Waals surface area (Å²) >= 11 is 11.9. The molecule has 2 atom stereocenters. The molecule has 1 aliphatic heterocycles. The lowest BCUT2D eigenvalue weighted by Crippen LogP contribution is -2.43. The molecular formula is C20H18Cl2FN3O3. The Hall–Kier alpha value is -2.64.